The molecule has 3 aromatic rings. The van der Waals surface area contributed by atoms with Crippen LogP contribution in [-0.4, -0.2) is 41.6 Å². The summed E-state index contributed by atoms with van der Waals surface area (Å²) in [5, 5.41) is 10.8. The van der Waals surface area contributed by atoms with Crippen LogP contribution in [0.25, 0.3) is 5.78 Å². The van der Waals surface area contributed by atoms with Crippen LogP contribution in [0.2, 0.25) is 0 Å². The third kappa shape index (κ3) is 2.54. The molecule has 0 fully saturated rings. The summed E-state index contributed by atoms with van der Waals surface area (Å²) in [7, 11) is 0. The molecule has 0 aliphatic carbocycles. The Balaban J connectivity index is 1.78. The zero-order valence-electron chi connectivity index (χ0n) is 12.7. The van der Waals surface area contributed by atoms with E-state index in [0.29, 0.717) is 12.3 Å². The molecule has 8 nitrogen and oxygen atoms in total. The summed E-state index contributed by atoms with van der Waals surface area (Å²) in [5.74, 6) is 0.413. The van der Waals surface area contributed by atoms with E-state index in [1.807, 2.05) is 37.6 Å². The zero-order valence-corrected chi connectivity index (χ0v) is 12.7. The average Bonchev–Trinajstić information content (AvgIpc) is 3.13. The summed E-state index contributed by atoms with van der Waals surface area (Å²) < 4.78 is 3.59. The number of rotatable bonds is 4. The SMILES string of the molecule is Cc1cc(C)n2c(C(=O)NC[C@H](C)n3ccnc3)nnc2n1. The van der Waals surface area contributed by atoms with Gasteiger partial charge in [0.05, 0.1) is 6.33 Å². The standard InChI is InChI=1S/C14H17N7O/c1-9-6-10(2)21-12(18-19-14(21)17-9)13(22)16-7-11(3)20-5-4-15-8-20/h4-6,8,11H,7H2,1-3H3,(H,16,22)/t11-/m0/s1. The van der Waals surface area contributed by atoms with E-state index in [1.54, 1.807) is 16.9 Å². The van der Waals surface area contributed by atoms with Crippen LogP contribution < -0.4 is 5.32 Å². The van der Waals surface area contributed by atoms with Crippen molar-refractivity contribution in [1.29, 1.82) is 0 Å². The quantitative estimate of drug-likeness (QED) is 0.774. The first-order chi connectivity index (χ1) is 10.6. The van der Waals surface area contributed by atoms with Crippen LogP contribution in [0, 0.1) is 13.8 Å². The maximum absolute atomic E-state index is 12.3. The van der Waals surface area contributed by atoms with Gasteiger partial charge in [0, 0.05) is 36.4 Å². The van der Waals surface area contributed by atoms with Crippen LogP contribution in [0.5, 0.6) is 0 Å². The molecule has 22 heavy (non-hydrogen) atoms. The van der Waals surface area contributed by atoms with Crippen molar-refractivity contribution < 1.29 is 4.79 Å². The molecule has 8 heteroatoms. The van der Waals surface area contributed by atoms with Crippen LogP contribution in [0.3, 0.4) is 0 Å². The molecule has 1 N–H and O–H groups in total. The minimum atomic E-state index is -0.270. The number of hydrogen-bond acceptors (Lipinski definition) is 5. The Hall–Kier alpha value is -2.77. The second-order valence-corrected chi connectivity index (χ2v) is 5.27. The zero-order chi connectivity index (χ0) is 15.7. The third-order valence-corrected chi connectivity index (χ3v) is 3.49. The van der Waals surface area contributed by atoms with Gasteiger partial charge in [-0.15, -0.1) is 10.2 Å². The third-order valence-electron chi connectivity index (χ3n) is 3.49. The van der Waals surface area contributed by atoms with Crippen molar-refractivity contribution in [3.8, 4) is 0 Å². The fourth-order valence-corrected chi connectivity index (χ4v) is 2.33. The van der Waals surface area contributed by atoms with Crippen molar-refractivity contribution in [2.24, 2.45) is 0 Å². The second kappa shape index (κ2) is 5.55. The molecule has 3 aromatic heterocycles. The van der Waals surface area contributed by atoms with Gasteiger partial charge in [-0.05, 0) is 26.8 Å². The highest BCUT2D eigenvalue weighted by atomic mass is 16.2. The van der Waals surface area contributed by atoms with Gasteiger partial charge in [0.15, 0.2) is 0 Å². The van der Waals surface area contributed by atoms with Gasteiger partial charge in [-0.25, -0.2) is 9.97 Å². The smallest absolute Gasteiger partial charge is 0.289 e. The van der Waals surface area contributed by atoms with Gasteiger partial charge in [-0.1, -0.05) is 0 Å². The number of carbonyl (C=O) groups is 1. The Bertz CT molecular complexity index is 806. The fraction of sp³-hybridized carbons (Fsp3) is 0.357. The maximum atomic E-state index is 12.3. The highest BCUT2D eigenvalue weighted by Crippen LogP contribution is 2.08. The fourth-order valence-electron chi connectivity index (χ4n) is 2.33. The van der Waals surface area contributed by atoms with E-state index in [9.17, 15) is 4.79 Å². The van der Waals surface area contributed by atoms with Gasteiger partial charge in [-0.2, -0.15) is 0 Å². The number of carbonyl (C=O) groups excluding carboxylic acids is 1. The van der Waals surface area contributed by atoms with Crippen LogP contribution in [-0.2, 0) is 0 Å². The highest BCUT2D eigenvalue weighted by Gasteiger charge is 2.17. The molecule has 3 rings (SSSR count). The van der Waals surface area contributed by atoms with Gasteiger partial charge >= 0.3 is 0 Å². The van der Waals surface area contributed by atoms with E-state index in [-0.39, 0.29) is 17.8 Å². The predicted octanol–water partition coefficient (Wildman–Crippen LogP) is 0.929. The van der Waals surface area contributed by atoms with Crippen molar-refractivity contribution >= 4 is 11.7 Å². The van der Waals surface area contributed by atoms with Crippen molar-refractivity contribution in [1.82, 2.24) is 34.4 Å². The average molecular weight is 299 g/mol. The Morgan fingerprint density at radius 1 is 1.36 bits per heavy atom. The van der Waals surface area contributed by atoms with Crippen LogP contribution in [0.1, 0.15) is 35.0 Å². The second-order valence-electron chi connectivity index (χ2n) is 5.27. The van der Waals surface area contributed by atoms with Gasteiger partial charge in [-0.3, -0.25) is 9.20 Å². The van der Waals surface area contributed by atoms with Gasteiger partial charge < -0.3 is 9.88 Å². The van der Waals surface area contributed by atoms with E-state index < -0.39 is 0 Å². The van der Waals surface area contributed by atoms with Crippen molar-refractivity contribution in [3.05, 3.63) is 42.0 Å². The lowest BCUT2D eigenvalue weighted by Gasteiger charge is -2.13. The van der Waals surface area contributed by atoms with E-state index in [2.05, 4.69) is 25.5 Å². The first kappa shape index (κ1) is 14.2. The number of amides is 1. The monoisotopic (exact) mass is 299 g/mol. The summed E-state index contributed by atoms with van der Waals surface area (Å²) in [6.07, 6.45) is 5.29. The molecular weight excluding hydrogens is 282 g/mol. The molecule has 1 amide bonds. The summed E-state index contributed by atoms with van der Waals surface area (Å²) >= 11 is 0. The molecule has 0 unspecified atom stereocenters. The Morgan fingerprint density at radius 3 is 2.91 bits per heavy atom. The first-order valence-electron chi connectivity index (χ1n) is 7.01. The lowest BCUT2D eigenvalue weighted by molar-refractivity contribution is 0.0936. The molecule has 114 valence electrons. The van der Waals surface area contributed by atoms with E-state index in [1.165, 1.54) is 0 Å². The van der Waals surface area contributed by atoms with Gasteiger partial charge in [0.2, 0.25) is 5.82 Å². The molecule has 0 aliphatic rings. The van der Waals surface area contributed by atoms with Crippen molar-refractivity contribution in [3.63, 3.8) is 0 Å². The lowest BCUT2D eigenvalue weighted by Crippen LogP contribution is -2.31. The molecule has 0 saturated heterocycles. The van der Waals surface area contributed by atoms with E-state index >= 15 is 0 Å². The number of aromatic nitrogens is 6. The molecule has 0 radical (unpaired) electrons. The van der Waals surface area contributed by atoms with Crippen molar-refractivity contribution in [2.75, 3.05) is 6.54 Å². The van der Waals surface area contributed by atoms with Gasteiger partial charge in [0.25, 0.3) is 11.7 Å². The Morgan fingerprint density at radius 2 is 2.18 bits per heavy atom. The molecule has 1 atom stereocenters. The summed E-state index contributed by atoms with van der Waals surface area (Å²) in [6.45, 7) is 6.26. The van der Waals surface area contributed by atoms with E-state index in [0.717, 1.165) is 11.4 Å². The number of nitrogens with zero attached hydrogens (tertiary/aromatic N) is 6. The molecule has 0 saturated carbocycles. The Labute approximate surface area is 127 Å². The lowest BCUT2D eigenvalue weighted by atomic mass is 10.3. The molecular formula is C14H17N7O. The molecule has 0 aliphatic heterocycles. The topological polar surface area (TPSA) is 90.0 Å². The largest absolute Gasteiger partial charge is 0.347 e. The molecule has 0 spiro atoms. The van der Waals surface area contributed by atoms with E-state index in [4.69, 9.17) is 0 Å². The Kier molecular flexibility index (Phi) is 3.58. The summed E-state index contributed by atoms with van der Waals surface area (Å²) in [6, 6.07) is 1.99. The number of fused-ring (bicyclic) bond motifs is 1. The molecule has 0 aromatic carbocycles. The minimum Gasteiger partial charge on any atom is -0.347 e. The summed E-state index contributed by atoms with van der Waals surface area (Å²) in [5.41, 5.74) is 1.72. The number of nitrogens with one attached hydrogen (secondary N) is 1. The normalized spacial score (nSPS) is 12.5. The van der Waals surface area contributed by atoms with Gasteiger partial charge in [0.1, 0.15) is 0 Å². The minimum absolute atomic E-state index is 0.104. The van der Waals surface area contributed by atoms with Crippen LogP contribution in [0.15, 0.2) is 24.8 Å². The van der Waals surface area contributed by atoms with Crippen LogP contribution in [0.4, 0.5) is 0 Å². The van der Waals surface area contributed by atoms with Crippen molar-refractivity contribution in [2.45, 2.75) is 26.8 Å². The number of aryl methyl sites for hydroxylation is 2. The number of imidazole rings is 1. The summed E-state index contributed by atoms with van der Waals surface area (Å²) in [4.78, 5) is 20.6. The first-order valence-corrected chi connectivity index (χ1v) is 7.01. The van der Waals surface area contributed by atoms with Crippen LogP contribution >= 0.6 is 0 Å². The number of hydrogen-bond donors (Lipinski definition) is 1. The predicted molar refractivity (Wildman–Crippen MR) is 79.5 cm³/mol. The maximum Gasteiger partial charge on any atom is 0.289 e. The highest BCUT2D eigenvalue weighted by molar-refractivity contribution is 5.91. The molecule has 3 heterocycles. The molecule has 0 bridgehead atoms.